The third-order valence-corrected chi connectivity index (χ3v) is 4.55. The lowest BCUT2D eigenvalue weighted by Crippen LogP contribution is -2.52. The predicted molar refractivity (Wildman–Crippen MR) is 85.8 cm³/mol. The number of nitrogens with zero attached hydrogens (tertiary/aromatic N) is 3. The normalized spacial score (nSPS) is 24.9. The van der Waals surface area contributed by atoms with Crippen LogP contribution in [-0.2, 0) is 4.79 Å². The first-order chi connectivity index (χ1) is 10.6. The van der Waals surface area contributed by atoms with Gasteiger partial charge in [0.1, 0.15) is 0 Å². The van der Waals surface area contributed by atoms with Crippen molar-refractivity contribution in [2.24, 2.45) is 0 Å². The van der Waals surface area contributed by atoms with E-state index in [1.165, 1.54) is 5.56 Å². The number of nitrogens with one attached hydrogen (secondary N) is 1. The summed E-state index contributed by atoms with van der Waals surface area (Å²) in [4.78, 5) is 16.8. The quantitative estimate of drug-likeness (QED) is 0.894. The second-order valence-corrected chi connectivity index (χ2v) is 6.38. The van der Waals surface area contributed by atoms with Gasteiger partial charge in [-0.15, -0.1) is 0 Å². The Morgan fingerprint density at radius 2 is 2.23 bits per heavy atom. The van der Waals surface area contributed by atoms with Gasteiger partial charge in [0.15, 0.2) is 0 Å². The fourth-order valence-electron chi connectivity index (χ4n) is 3.40. The maximum absolute atomic E-state index is 12.7. The van der Waals surface area contributed by atoms with Crippen molar-refractivity contribution in [3.8, 4) is 6.07 Å². The number of benzene rings is 1. The van der Waals surface area contributed by atoms with Crippen LogP contribution in [0.25, 0.3) is 0 Å². The highest BCUT2D eigenvalue weighted by Crippen LogP contribution is 2.36. The number of hydrogen-bond donors (Lipinski definition) is 1. The molecule has 2 atom stereocenters. The molecular formula is C17H22N4O. The van der Waals surface area contributed by atoms with Gasteiger partial charge in [0.2, 0.25) is 5.91 Å². The Morgan fingerprint density at radius 1 is 1.41 bits per heavy atom. The number of rotatable bonds is 2. The van der Waals surface area contributed by atoms with Gasteiger partial charge in [0.25, 0.3) is 0 Å². The molecule has 116 valence electrons. The third kappa shape index (κ3) is 2.85. The number of nitriles is 1. The summed E-state index contributed by atoms with van der Waals surface area (Å²) in [7, 11) is 0. The zero-order chi connectivity index (χ0) is 15.7. The lowest BCUT2D eigenvalue weighted by atomic mass is 10.0. The lowest BCUT2D eigenvalue weighted by Gasteiger charge is -2.32. The number of anilines is 1. The van der Waals surface area contributed by atoms with E-state index in [-0.39, 0.29) is 5.91 Å². The summed E-state index contributed by atoms with van der Waals surface area (Å²) in [5.74, 6) is 0.462. The summed E-state index contributed by atoms with van der Waals surface area (Å²) in [6.45, 7) is 8.18. The molecule has 0 bridgehead atoms. The van der Waals surface area contributed by atoms with Crippen LogP contribution in [0.3, 0.4) is 0 Å². The lowest BCUT2D eigenvalue weighted by molar-refractivity contribution is -0.119. The number of carbonyl (C=O) groups is 1. The Kier molecular flexibility index (Phi) is 4.14. The van der Waals surface area contributed by atoms with Gasteiger partial charge in [0, 0.05) is 43.8 Å². The minimum atomic E-state index is 0.134. The molecule has 0 radical (unpaired) electrons. The van der Waals surface area contributed by atoms with Crippen molar-refractivity contribution < 1.29 is 4.79 Å². The summed E-state index contributed by atoms with van der Waals surface area (Å²) < 4.78 is 0. The maximum atomic E-state index is 12.7. The average Bonchev–Trinajstić information content (AvgIpc) is 2.84. The van der Waals surface area contributed by atoms with Gasteiger partial charge < -0.3 is 10.2 Å². The van der Waals surface area contributed by atoms with Gasteiger partial charge in [-0.25, -0.2) is 0 Å². The topological polar surface area (TPSA) is 59.4 Å². The minimum absolute atomic E-state index is 0.134. The Hall–Kier alpha value is -1.90. The first kappa shape index (κ1) is 15.0. The fourth-order valence-corrected chi connectivity index (χ4v) is 3.40. The van der Waals surface area contributed by atoms with E-state index < -0.39 is 0 Å². The molecule has 1 aromatic rings. The molecule has 22 heavy (non-hydrogen) atoms. The molecule has 0 aromatic heterocycles. The largest absolute Gasteiger partial charge is 0.312 e. The first-order valence-corrected chi connectivity index (χ1v) is 7.88. The molecule has 0 aliphatic carbocycles. The molecule has 2 aliphatic rings. The Bertz CT molecular complexity index is 622. The first-order valence-electron chi connectivity index (χ1n) is 7.88. The molecule has 3 rings (SSSR count). The molecule has 1 N–H and O–H groups in total. The zero-order valence-electron chi connectivity index (χ0n) is 13.2. The highest BCUT2D eigenvalue weighted by molar-refractivity contribution is 5.97. The summed E-state index contributed by atoms with van der Waals surface area (Å²) in [5, 5.41) is 12.5. The van der Waals surface area contributed by atoms with Crippen molar-refractivity contribution in [2.45, 2.75) is 25.8 Å². The highest BCUT2D eigenvalue weighted by Gasteiger charge is 2.31. The summed E-state index contributed by atoms with van der Waals surface area (Å²) >= 11 is 0. The fraction of sp³-hybridized carbons (Fsp3) is 0.529. The molecule has 1 fully saturated rings. The highest BCUT2D eigenvalue weighted by atomic mass is 16.2. The van der Waals surface area contributed by atoms with Crippen molar-refractivity contribution in [3.05, 3.63) is 29.3 Å². The second-order valence-electron chi connectivity index (χ2n) is 6.38. The zero-order valence-corrected chi connectivity index (χ0v) is 13.2. The van der Waals surface area contributed by atoms with E-state index in [2.05, 4.69) is 30.1 Å². The van der Waals surface area contributed by atoms with Crippen molar-refractivity contribution in [2.75, 3.05) is 37.6 Å². The molecule has 0 saturated carbocycles. The van der Waals surface area contributed by atoms with Crippen molar-refractivity contribution in [1.29, 1.82) is 5.26 Å². The average molecular weight is 298 g/mol. The van der Waals surface area contributed by atoms with Crippen LogP contribution in [-0.4, -0.2) is 49.6 Å². The van der Waals surface area contributed by atoms with Gasteiger partial charge in [0.05, 0.1) is 18.2 Å². The molecule has 0 spiro atoms. The smallest absolute Gasteiger partial charge is 0.241 e. The molecule has 1 aromatic carbocycles. The molecule has 2 aliphatic heterocycles. The monoisotopic (exact) mass is 298 g/mol. The van der Waals surface area contributed by atoms with E-state index in [1.54, 1.807) is 0 Å². The SMILES string of the molecule is CC1CN(CC(=O)N2CC(C)c3ccc(C#N)cc32)CCN1. The van der Waals surface area contributed by atoms with E-state index in [0.29, 0.717) is 30.6 Å². The van der Waals surface area contributed by atoms with E-state index >= 15 is 0 Å². The summed E-state index contributed by atoms with van der Waals surface area (Å²) in [6, 6.07) is 8.25. The van der Waals surface area contributed by atoms with Crippen LogP contribution in [0.5, 0.6) is 0 Å². The van der Waals surface area contributed by atoms with Gasteiger partial charge in [-0.3, -0.25) is 9.69 Å². The van der Waals surface area contributed by atoms with Gasteiger partial charge >= 0.3 is 0 Å². The summed E-state index contributed by atoms with van der Waals surface area (Å²) in [6.07, 6.45) is 0. The molecule has 5 nitrogen and oxygen atoms in total. The number of piperazine rings is 1. The second kappa shape index (κ2) is 6.07. The third-order valence-electron chi connectivity index (χ3n) is 4.55. The predicted octanol–water partition coefficient (Wildman–Crippen LogP) is 1.30. The van der Waals surface area contributed by atoms with Crippen LogP contribution in [0.1, 0.15) is 30.9 Å². The molecule has 1 saturated heterocycles. The van der Waals surface area contributed by atoms with Crippen LogP contribution in [0.2, 0.25) is 0 Å². The number of fused-ring (bicyclic) bond motifs is 1. The van der Waals surface area contributed by atoms with E-state index in [0.717, 1.165) is 25.3 Å². The number of amides is 1. The van der Waals surface area contributed by atoms with Crippen LogP contribution in [0.4, 0.5) is 5.69 Å². The summed E-state index contributed by atoms with van der Waals surface area (Å²) in [5.41, 5.74) is 2.70. The molecule has 2 unspecified atom stereocenters. The van der Waals surface area contributed by atoms with Gasteiger partial charge in [-0.05, 0) is 24.6 Å². The van der Waals surface area contributed by atoms with Crippen LogP contribution in [0, 0.1) is 11.3 Å². The Labute approximate surface area is 131 Å². The van der Waals surface area contributed by atoms with Gasteiger partial charge in [-0.2, -0.15) is 5.26 Å². The Balaban J connectivity index is 1.76. The maximum Gasteiger partial charge on any atom is 0.241 e. The Morgan fingerprint density at radius 3 is 2.95 bits per heavy atom. The van der Waals surface area contributed by atoms with Crippen LogP contribution >= 0.6 is 0 Å². The molecule has 1 amide bonds. The number of hydrogen-bond acceptors (Lipinski definition) is 4. The van der Waals surface area contributed by atoms with Crippen LogP contribution in [0.15, 0.2) is 18.2 Å². The molecule has 2 heterocycles. The molecular weight excluding hydrogens is 276 g/mol. The van der Waals surface area contributed by atoms with E-state index in [1.807, 2.05) is 23.1 Å². The molecule has 5 heteroatoms. The van der Waals surface area contributed by atoms with Crippen molar-refractivity contribution >= 4 is 11.6 Å². The van der Waals surface area contributed by atoms with E-state index in [4.69, 9.17) is 5.26 Å². The van der Waals surface area contributed by atoms with Crippen molar-refractivity contribution in [3.63, 3.8) is 0 Å². The van der Waals surface area contributed by atoms with E-state index in [9.17, 15) is 4.79 Å². The number of carbonyl (C=O) groups excluding carboxylic acids is 1. The van der Waals surface area contributed by atoms with Crippen LogP contribution < -0.4 is 10.2 Å². The van der Waals surface area contributed by atoms with Gasteiger partial charge in [-0.1, -0.05) is 13.0 Å². The van der Waals surface area contributed by atoms with Crippen molar-refractivity contribution in [1.82, 2.24) is 10.2 Å². The standard InChI is InChI=1S/C17H22N4O/c1-12-9-21(16-7-14(8-18)3-4-15(12)16)17(22)11-20-6-5-19-13(2)10-20/h3-4,7,12-13,19H,5-6,9-11H2,1-2H3. The minimum Gasteiger partial charge on any atom is -0.312 e.